The van der Waals surface area contributed by atoms with Crippen molar-refractivity contribution in [2.24, 2.45) is 5.92 Å². The van der Waals surface area contributed by atoms with Crippen LogP contribution in [0.5, 0.6) is 5.75 Å². The minimum absolute atomic E-state index is 0.0453. The topological polar surface area (TPSA) is 93.5 Å². The van der Waals surface area contributed by atoms with Crippen LogP contribution in [0, 0.1) is 16.0 Å². The Morgan fingerprint density at radius 1 is 1.42 bits per heavy atom. The van der Waals surface area contributed by atoms with Gasteiger partial charge in [0.1, 0.15) is 11.4 Å². The minimum Gasteiger partial charge on any atom is -0.410 e. The van der Waals surface area contributed by atoms with Crippen molar-refractivity contribution in [3.63, 3.8) is 0 Å². The van der Waals surface area contributed by atoms with Gasteiger partial charge in [-0.25, -0.2) is 13.6 Å². The van der Waals surface area contributed by atoms with Crippen LogP contribution in [0.15, 0.2) is 18.2 Å². The highest BCUT2D eigenvalue weighted by molar-refractivity contribution is 5.72. The SMILES string of the molecule is CNC(=O)Oc1ccc(NCC2CCC(F)(F)CC2)c([N+](=O)[O-])c1. The van der Waals surface area contributed by atoms with Gasteiger partial charge in [-0.3, -0.25) is 10.1 Å². The number of ether oxygens (including phenoxy) is 1. The number of amides is 1. The highest BCUT2D eigenvalue weighted by Crippen LogP contribution is 2.37. The second-order valence-corrected chi connectivity index (χ2v) is 5.76. The summed E-state index contributed by atoms with van der Waals surface area (Å²) >= 11 is 0. The van der Waals surface area contributed by atoms with E-state index in [-0.39, 0.29) is 35.9 Å². The van der Waals surface area contributed by atoms with Gasteiger partial charge in [0, 0.05) is 26.4 Å². The fraction of sp³-hybridized carbons (Fsp3) is 0.533. The van der Waals surface area contributed by atoms with Crippen LogP contribution in [0.1, 0.15) is 25.7 Å². The molecule has 0 aromatic heterocycles. The molecule has 0 spiro atoms. The Bertz CT molecular complexity index is 615. The molecule has 0 atom stereocenters. The third-order valence-electron chi connectivity index (χ3n) is 4.00. The predicted octanol–water partition coefficient (Wildman–Crippen LogP) is 3.55. The molecule has 1 aromatic rings. The summed E-state index contributed by atoms with van der Waals surface area (Å²) in [6.07, 6.45) is -0.272. The van der Waals surface area contributed by atoms with Gasteiger partial charge in [0.2, 0.25) is 5.92 Å². The molecule has 0 saturated heterocycles. The molecule has 1 aromatic carbocycles. The van der Waals surface area contributed by atoms with Crippen LogP contribution in [0.3, 0.4) is 0 Å². The summed E-state index contributed by atoms with van der Waals surface area (Å²) in [5, 5.41) is 16.4. The van der Waals surface area contributed by atoms with Gasteiger partial charge in [0.25, 0.3) is 5.69 Å². The summed E-state index contributed by atoms with van der Waals surface area (Å²) < 4.78 is 31.1. The van der Waals surface area contributed by atoms with Crippen molar-refractivity contribution >= 4 is 17.5 Å². The van der Waals surface area contributed by atoms with Crippen LogP contribution >= 0.6 is 0 Å². The summed E-state index contributed by atoms with van der Waals surface area (Å²) in [4.78, 5) is 21.7. The average molecular weight is 343 g/mol. The lowest BCUT2D eigenvalue weighted by atomic mass is 9.87. The number of carbonyl (C=O) groups excluding carboxylic acids is 1. The molecule has 7 nitrogen and oxygen atoms in total. The Balaban J connectivity index is 2.01. The van der Waals surface area contributed by atoms with E-state index < -0.39 is 16.9 Å². The van der Waals surface area contributed by atoms with Gasteiger partial charge in [-0.2, -0.15) is 0 Å². The van der Waals surface area contributed by atoms with Gasteiger partial charge in [-0.1, -0.05) is 0 Å². The molecule has 2 rings (SSSR count). The fourth-order valence-corrected chi connectivity index (χ4v) is 2.59. The van der Waals surface area contributed by atoms with Crippen molar-refractivity contribution in [1.29, 1.82) is 0 Å². The molecular formula is C15H19F2N3O4. The molecular weight excluding hydrogens is 324 g/mol. The quantitative estimate of drug-likeness (QED) is 0.630. The van der Waals surface area contributed by atoms with E-state index in [0.717, 1.165) is 6.07 Å². The largest absolute Gasteiger partial charge is 0.412 e. The van der Waals surface area contributed by atoms with E-state index in [0.29, 0.717) is 19.4 Å². The Morgan fingerprint density at radius 2 is 2.08 bits per heavy atom. The van der Waals surface area contributed by atoms with Gasteiger partial charge >= 0.3 is 6.09 Å². The molecule has 1 aliphatic carbocycles. The number of nitrogens with zero attached hydrogens (tertiary/aromatic N) is 1. The predicted molar refractivity (Wildman–Crippen MR) is 83.6 cm³/mol. The molecule has 0 radical (unpaired) electrons. The number of nitrogens with one attached hydrogen (secondary N) is 2. The van der Waals surface area contributed by atoms with E-state index >= 15 is 0 Å². The Hall–Kier alpha value is -2.45. The van der Waals surface area contributed by atoms with Crippen molar-refractivity contribution < 1.29 is 23.2 Å². The second-order valence-electron chi connectivity index (χ2n) is 5.76. The number of alkyl halides is 2. The third-order valence-corrected chi connectivity index (χ3v) is 4.00. The van der Waals surface area contributed by atoms with E-state index in [2.05, 4.69) is 10.6 Å². The maximum Gasteiger partial charge on any atom is 0.412 e. The fourth-order valence-electron chi connectivity index (χ4n) is 2.59. The summed E-state index contributed by atoms with van der Waals surface area (Å²) in [5.41, 5.74) is 0.0270. The van der Waals surface area contributed by atoms with E-state index in [9.17, 15) is 23.7 Å². The van der Waals surface area contributed by atoms with Crippen LogP contribution in [-0.4, -0.2) is 30.5 Å². The molecule has 2 N–H and O–H groups in total. The number of carbonyl (C=O) groups is 1. The van der Waals surface area contributed by atoms with Gasteiger partial charge in [0.15, 0.2) is 0 Å². The van der Waals surface area contributed by atoms with Gasteiger partial charge in [0.05, 0.1) is 11.0 Å². The summed E-state index contributed by atoms with van der Waals surface area (Å²) in [6, 6.07) is 4.01. The van der Waals surface area contributed by atoms with Gasteiger partial charge in [-0.05, 0) is 30.9 Å². The highest BCUT2D eigenvalue weighted by Gasteiger charge is 2.34. The van der Waals surface area contributed by atoms with Crippen molar-refractivity contribution in [3.8, 4) is 5.75 Å². The Morgan fingerprint density at radius 3 is 2.67 bits per heavy atom. The Kier molecular flexibility index (Phi) is 5.53. The summed E-state index contributed by atoms with van der Waals surface area (Å²) in [6.45, 7) is 0.382. The zero-order chi connectivity index (χ0) is 17.7. The Labute approximate surface area is 137 Å². The molecule has 1 saturated carbocycles. The first kappa shape index (κ1) is 17.9. The minimum atomic E-state index is -2.60. The van der Waals surface area contributed by atoms with Crippen molar-refractivity contribution in [2.45, 2.75) is 31.6 Å². The zero-order valence-electron chi connectivity index (χ0n) is 13.2. The second kappa shape index (κ2) is 7.41. The molecule has 0 unspecified atom stereocenters. The number of nitro groups is 1. The third kappa shape index (κ3) is 4.77. The molecule has 0 bridgehead atoms. The molecule has 24 heavy (non-hydrogen) atoms. The summed E-state index contributed by atoms with van der Waals surface area (Å²) in [5.74, 6) is -2.50. The molecule has 132 valence electrons. The molecule has 0 heterocycles. The molecule has 1 fully saturated rings. The van der Waals surface area contributed by atoms with Crippen molar-refractivity contribution in [3.05, 3.63) is 28.3 Å². The standard InChI is InChI=1S/C15H19F2N3O4/c1-18-14(21)24-11-2-3-12(13(8-11)20(22)23)19-9-10-4-6-15(16,17)7-5-10/h2-3,8,10,19H,4-7,9H2,1H3,(H,18,21). The highest BCUT2D eigenvalue weighted by atomic mass is 19.3. The van der Waals surface area contributed by atoms with Crippen LogP contribution in [0.4, 0.5) is 25.0 Å². The molecule has 1 amide bonds. The normalized spacial score (nSPS) is 17.1. The van der Waals surface area contributed by atoms with Gasteiger partial charge in [-0.15, -0.1) is 0 Å². The number of halogens is 2. The number of hydrogen-bond donors (Lipinski definition) is 2. The number of nitro benzene ring substituents is 1. The number of anilines is 1. The molecule has 0 aliphatic heterocycles. The maximum atomic E-state index is 13.1. The first-order valence-corrected chi connectivity index (χ1v) is 7.60. The van der Waals surface area contributed by atoms with Gasteiger partial charge < -0.3 is 15.4 Å². The number of hydrogen-bond acceptors (Lipinski definition) is 5. The van der Waals surface area contributed by atoms with Crippen LogP contribution in [0.2, 0.25) is 0 Å². The van der Waals surface area contributed by atoms with Crippen molar-refractivity contribution in [1.82, 2.24) is 5.32 Å². The lowest BCUT2D eigenvalue weighted by Crippen LogP contribution is -2.28. The first-order chi connectivity index (χ1) is 11.3. The van der Waals surface area contributed by atoms with Crippen molar-refractivity contribution in [2.75, 3.05) is 18.9 Å². The monoisotopic (exact) mass is 343 g/mol. The van der Waals surface area contributed by atoms with E-state index in [4.69, 9.17) is 4.74 Å². The number of benzene rings is 1. The lowest BCUT2D eigenvalue weighted by molar-refractivity contribution is -0.384. The summed E-state index contributed by atoms with van der Waals surface area (Å²) in [7, 11) is 1.38. The van der Waals surface area contributed by atoms with E-state index in [1.165, 1.54) is 19.2 Å². The van der Waals surface area contributed by atoms with E-state index in [1.807, 2.05) is 0 Å². The first-order valence-electron chi connectivity index (χ1n) is 7.60. The van der Waals surface area contributed by atoms with Crippen LogP contribution in [-0.2, 0) is 0 Å². The smallest absolute Gasteiger partial charge is 0.410 e. The van der Waals surface area contributed by atoms with E-state index in [1.54, 1.807) is 0 Å². The molecule has 9 heteroatoms. The molecule has 1 aliphatic rings. The zero-order valence-corrected chi connectivity index (χ0v) is 13.2. The van der Waals surface area contributed by atoms with Crippen LogP contribution in [0.25, 0.3) is 0 Å². The number of rotatable bonds is 5. The lowest BCUT2D eigenvalue weighted by Gasteiger charge is -2.28. The van der Waals surface area contributed by atoms with Crippen LogP contribution < -0.4 is 15.4 Å². The average Bonchev–Trinajstić information content (AvgIpc) is 2.54. The maximum absolute atomic E-state index is 13.1.